The maximum atomic E-state index is 12.3. The van der Waals surface area contributed by atoms with Gasteiger partial charge >= 0.3 is 0 Å². The molecule has 0 saturated carbocycles. The Kier molecular flexibility index (Phi) is 5.31. The monoisotopic (exact) mass is 288 g/mol. The molecular weight excluding hydrogens is 276 g/mol. The number of carbonyl (C=O) groups is 2. The molecule has 0 bridgehead atoms. The molecule has 21 heavy (non-hydrogen) atoms. The lowest BCUT2D eigenvalue weighted by Crippen LogP contribution is -2.13. The summed E-state index contributed by atoms with van der Waals surface area (Å²) < 4.78 is 4.92. The minimum absolute atomic E-state index is 0.0522. The van der Waals surface area contributed by atoms with Crippen molar-refractivity contribution in [1.82, 2.24) is 0 Å². The van der Waals surface area contributed by atoms with E-state index in [0.717, 1.165) is 25.3 Å². The van der Waals surface area contributed by atoms with E-state index in [2.05, 4.69) is 0 Å². The zero-order chi connectivity index (χ0) is 16.0. The number of carbonyl (C=O) groups excluding carboxylic acids is 2. The van der Waals surface area contributed by atoms with Crippen molar-refractivity contribution < 1.29 is 19.2 Å². The predicted octanol–water partition coefficient (Wildman–Crippen LogP) is 2.16. The van der Waals surface area contributed by atoms with Gasteiger partial charge in [0.25, 0.3) is 5.69 Å². The van der Waals surface area contributed by atoms with Crippen LogP contribution in [0.4, 0.5) is 5.69 Å². The number of hydrogen-bond acceptors (Lipinski definition) is 6. The normalized spacial score (nSPS) is 10.6. The number of allylic oxidation sites excluding steroid dienone is 1. The molecule has 1 rings (SSSR count). The third-order valence-corrected chi connectivity index (χ3v) is 2.56. The Balaban J connectivity index is 3.38. The van der Waals surface area contributed by atoms with Crippen LogP contribution in [-0.2, 0) is 9.53 Å². The molecule has 0 spiro atoms. The van der Waals surface area contributed by atoms with Gasteiger partial charge in [0.2, 0.25) is 5.78 Å². The number of ether oxygens (including phenoxy) is 1. The summed E-state index contributed by atoms with van der Waals surface area (Å²) >= 11 is 0. The molecule has 1 aromatic carbocycles. The SMILES string of the molecule is CCO/C=C(/C(C)=O)C(=O)c1ccc(C#N)cc1[N+](=O)[O-]. The van der Waals surface area contributed by atoms with Gasteiger partial charge in [-0.15, -0.1) is 0 Å². The molecule has 0 aliphatic heterocycles. The topological polar surface area (TPSA) is 110 Å². The molecule has 108 valence electrons. The molecule has 0 amide bonds. The maximum absolute atomic E-state index is 12.3. The molecular formula is C14H12N2O5. The third kappa shape index (κ3) is 3.73. The highest BCUT2D eigenvalue weighted by Crippen LogP contribution is 2.23. The molecule has 0 aromatic heterocycles. The number of Topliss-reactive ketones (excluding diaryl/α,β-unsaturated/α-hetero) is 2. The van der Waals surface area contributed by atoms with Crippen LogP contribution in [0.5, 0.6) is 0 Å². The fourth-order valence-corrected chi connectivity index (χ4v) is 1.55. The van der Waals surface area contributed by atoms with Crippen molar-refractivity contribution >= 4 is 17.3 Å². The van der Waals surface area contributed by atoms with E-state index in [1.165, 1.54) is 6.07 Å². The Morgan fingerprint density at radius 3 is 2.62 bits per heavy atom. The Morgan fingerprint density at radius 2 is 2.14 bits per heavy atom. The maximum Gasteiger partial charge on any atom is 0.281 e. The van der Waals surface area contributed by atoms with E-state index < -0.39 is 22.2 Å². The number of benzene rings is 1. The van der Waals surface area contributed by atoms with Crippen molar-refractivity contribution in [2.45, 2.75) is 13.8 Å². The van der Waals surface area contributed by atoms with Crippen LogP contribution in [0.15, 0.2) is 30.0 Å². The van der Waals surface area contributed by atoms with Crippen molar-refractivity contribution in [3.05, 3.63) is 51.3 Å². The van der Waals surface area contributed by atoms with Crippen molar-refractivity contribution in [2.75, 3.05) is 6.61 Å². The van der Waals surface area contributed by atoms with Gasteiger partial charge in [0.05, 0.1) is 35.0 Å². The van der Waals surface area contributed by atoms with Crippen LogP contribution in [-0.4, -0.2) is 23.1 Å². The first-order valence-corrected chi connectivity index (χ1v) is 5.98. The summed E-state index contributed by atoms with van der Waals surface area (Å²) in [4.78, 5) is 34.0. The van der Waals surface area contributed by atoms with Crippen molar-refractivity contribution in [3.63, 3.8) is 0 Å². The lowest BCUT2D eigenvalue weighted by Gasteiger charge is -2.05. The second kappa shape index (κ2) is 6.96. The lowest BCUT2D eigenvalue weighted by atomic mass is 9.99. The fraction of sp³-hybridized carbons (Fsp3) is 0.214. The summed E-state index contributed by atoms with van der Waals surface area (Å²) in [5.74, 6) is -1.38. The summed E-state index contributed by atoms with van der Waals surface area (Å²) in [6.45, 7) is 3.08. The quantitative estimate of drug-likeness (QED) is 0.151. The van der Waals surface area contributed by atoms with Gasteiger partial charge in [-0.05, 0) is 26.0 Å². The van der Waals surface area contributed by atoms with Gasteiger partial charge in [-0.25, -0.2) is 0 Å². The van der Waals surface area contributed by atoms with E-state index in [4.69, 9.17) is 10.00 Å². The van der Waals surface area contributed by atoms with Gasteiger partial charge in [0.15, 0.2) is 5.78 Å². The van der Waals surface area contributed by atoms with Crippen LogP contribution in [0.2, 0.25) is 0 Å². The summed E-state index contributed by atoms with van der Waals surface area (Å²) in [5, 5.41) is 19.8. The van der Waals surface area contributed by atoms with Crippen LogP contribution >= 0.6 is 0 Å². The van der Waals surface area contributed by atoms with Crippen molar-refractivity contribution in [1.29, 1.82) is 5.26 Å². The number of nitro benzene ring substituents is 1. The van der Waals surface area contributed by atoms with E-state index in [9.17, 15) is 19.7 Å². The van der Waals surface area contributed by atoms with Crippen LogP contribution < -0.4 is 0 Å². The highest BCUT2D eigenvalue weighted by Gasteiger charge is 2.25. The molecule has 0 aliphatic rings. The molecule has 0 radical (unpaired) electrons. The average molecular weight is 288 g/mol. The van der Waals surface area contributed by atoms with Gasteiger partial charge < -0.3 is 4.74 Å². The number of ketones is 2. The van der Waals surface area contributed by atoms with Gasteiger partial charge in [-0.3, -0.25) is 19.7 Å². The molecule has 0 unspecified atom stereocenters. The molecule has 7 heteroatoms. The average Bonchev–Trinajstić information content (AvgIpc) is 2.46. The highest BCUT2D eigenvalue weighted by atomic mass is 16.6. The number of nitrogens with zero attached hydrogens (tertiary/aromatic N) is 2. The minimum atomic E-state index is -0.813. The van der Waals surface area contributed by atoms with Crippen molar-refractivity contribution in [3.8, 4) is 6.07 Å². The van der Waals surface area contributed by atoms with Crippen LogP contribution in [0.1, 0.15) is 29.8 Å². The summed E-state index contributed by atoms with van der Waals surface area (Å²) in [6.07, 6.45) is 0.993. The van der Waals surface area contributed by atoms with E-state index in [1.54, 1.807) is 13.0 Å². The fourth-order valence-electron chi connectivity index (χ4n) is 1.55. The lowest BCUT2D eigenvalue weighted by molar-refractivity contribution is -0.385. The first-order chi connectivity index (χ1) is 9.92. The minimum Gasteiger partial charge on any atom is -0.501 e. The van der Waals surface area contributed by atoms with E-state index in [0.29, 0.717) is 0 Å². The second-order valence-electron chi connectivity index (χ2n) is 3.97. The van der Waals surface area contributed by atoms with Gasteiger partial charge in [0.1, 0.15) is 5.56 Å². The zero-order valence-corrected chi connectivity index (χ0v) is 11.5. The Labute approximate surface area is 120 Å². The van der Waals surface area contributed by atoms with Gasteiger partial charge in [-0.1, -0.05) is 0 Å². The Morgan fingerprint density at radius 1 is 1.48 bits per heavy atom. The van der Waals surface area contributed by atoms with E-state index in [1.807, 2.05) is 0 Å². The standard InChI is InChI=1S/C14H12N2O5/c1-3-21-8-12(9(2)17)14(18)11-5-4-10(7-15)6-13(11)16(19)20/h4-6,8H,3H2,1-2H3/b12-8-. The molecule has 0 N–H and O–H groups in total. The number of nitro groups is 1. The van der Waals surface area contributed by atoms with E-state index in [-0.39, 0.29) is 23.3 Å². The number of hydrogen-bond donors (Lipinski definition) is 0. The molecule has 0 fully saturated rings. The number of nitriles is 1. The second-order valence-corrected chi connectivity index (χ2v) is 3.97. The van der Waals surface area contributed by atoms with Crippen LogP contribution in [0.3, 0.4) is 0 Å². The summed E-state index contributed by atoms with van der Waals surface area (Å²) in [5.41, 5.74) is -1.02. The smallest absolute Gasteiger partial charge is 0.281 e. The first kappa shape index (κ1) is 16.0. The van der Waals surface area contributed by atoms with Crippen LogP contribution in [0, 0.1) is 21.4 Å². The molecule has 7 nitrogen and oxygen atoms in total. The third-order valence-electron chi connectivity index (χ3n) is 2.56. The molecule has 0 heterocycles. The van der Waals surface area contributed by atoms with E-state index >= 15 is 0 Å². The molecule has 0 aliphatic carbocycles. The summed E-state index contributed by atoms with van der Waals surface area (Å²) in [7, 11) is 0. The summed E-state index contributed by atoms with van der Waals surface area (Å²) in [6, 6.07) is 5.18. The van der Waals surface area contributed by atoms with Crippen LogP contribution in [0.25, 0.3) is 0 Å². The first-order valence-electron chi connectivity index (χ1n) is 5.98. The molecule has 0 atom stereocenters. The van der Waals surface area contributed by atoms with Gasteiger partial charge in [0, 0.05) is 6.07 Å². The van der Waals surface area contributed by atoms with Crippen molar-refractivity contribution in [2.24, 2.45) is 0 Å². The largest absolute Gasteiger partial charge is 0.501 e. The Hall–Kier alpha value is -3.01. The molecule has 0 saturated heterocycles. The molecule has 1 aromatic rings. The van der Waals surface area contributed by atoms with Gasteiger partial charge in [-0.2, -0.15) is 5.26 Å². The number of rotatable bonds is 6. The predicted molar refractivity (Wildman–Crippen MR) is 72.5 cm³/mol. The highest BCUT2D eigenvalue weighted by molar-refractivity contribution is 6.26. The zero-order valence-electron chi connectivity index (χ0n) is 11.5. The Bertz CT molecular complexity index is 670.